The highest BCUT2D eigenvalue weighted by Gasteiger charge is 2.45. The lowest BCUT2D eigenvalue weighted by Crippen LogP contribution is -3.12. The van der Waals surface area contributed by atoms with Crippen molar-refractivity contribution in [1.29, 1.82) is 0 Å². The lowest BCUT2D eigenvalue weighted by atomic mass is 10.1. The number of hydrogen-bond donors (Lipinski definition) is 1. The van der Waals surface area contributed by atoms with E-state index in [-0.39, 0.29) is 31.1 Å². The Kier molecular flexibility index (Phi) is 8.28. The van der Waals surface area contributed by atoms with Gasteiger partial charge in [0.15, 0.2) is 18.5 Å². The molecule has 4 rings (SSSR count). The molecule has 2 aromatic rings. The van der Waals surface area contributed by atoms with Gasteiger partial charge in [0.1, 0.15) is 18.0 Å². The third-order valence-electron chi connectivity index (χ3n) is 6.02. The Labute approximate surface area is 201 Å². The van der Waals surface area contributed by atoms with Crippen LogP contribution in [0.25, 0.3) is 0 Å². The third kappa shape index (κ3) is 4.63. The monoisotopic (exact) mass is 468 g/mol. The number of anilines is 1. The van der Waals surface area contributed by atoms with Crippen LogP contribution in [0.1, 0.15) is 55.3 Å². The number of carbonyl (C=O) groups excluding carboxylic acids is 3. The van der Waals surface area contributed by atoms with Crippen LogP contribution in [-0.2, 0) is 9.53 Å². The molecule has 0 radical (unpaired) electrons. The molecule has 2 aromatic carbocycles. The number of esters is 1. The zero-order chi connectivity index (χ0) is 24.8. The molecule has 2 amide bonds. The van der Waals surface area contributed by atoms with Gasteiger partial charge < -0.3 is 14.4 Å². The topological polar surface area (TPSA) is 80.6 Å². The summed E-state index contributed by atoms with van der Waals surface area (Å²) >= 11 is 0. The summed E-state index contributed by atoms with van der Waals surface area (Å²) < 4.78 is 10.5. The maximum absolute atomic E-state index is 12.9. The van der Waals surface area contributed by atoms with E-state index < -0.39 is 5.97 Å². The van der Waals surface area contributed by atoms with Gasteiger partial charge in [0.2, 0.25) is 0 Å². The molecule has 2 aliphatic rings. The molecule has 8 nitrogen and oxygen atoms in total. The minimum Gasteiger partial charge on any atom is -0.482 e. The Morgan fingerprint density at radius 3 is 2.21 bits per heavy atom. The molecular formula is C26H34N3O5+. The first-order valence-electron chi connectivity index (χ1n) is 12.0. The van der Waals surface area contributed by atoms with Crippen molar-refractivity contribution in [3.8, 4) is 5.75 Å². The van der Waals surface area contributed by atoms with Gasteiger partial charge in [-0.2, -0.15) is 0 Å². The van der Waals surface area contributed by atoms with Gasteiger partial charge in [-0.05, 0) is 39.0 Å². The van der Waals surface area contributed by atoms with E-state index in [0.717, 1.165) is 17.9 Å². The van der Waals surface area contributed by atoms with Gasteiger partial charge in [-0.15, -0.1) is 0 Å². The molecule has 34 heavy (non-hydrogen) atoms. The van der Waals surface area contributed by atoms with Crippen LogP contribution in [0.5, 0.6) is 5.75 Å². The Bertz CT molecular complexity index is 1020. The van der Waals surface area contributed by atoms with Crippen molar-refractivity contribution in [1.82, 2.24) is 4.90 Å². The number of ether oxygens (including phenoxy) is 2. The standard InChI is InChI=1S/C24H27N3O5.C2H6/c1-4-25-19-12-11-16(32-15-22(28)31-6-3)13-20(19)26(5-2)21(25)14-27-23(29)17-9-7-8-10-18(17)24(27)30;1-2/h7-13,21H,4-6,14-15H2,1-3H3;1-2H3/p+1. The Hall–Kier alpha value is -3.39. The molecule has 8 heteroatoms. The van der Waals surface area contributed by atoms with Crippen LogP contribution in [0.3, 0.4) is 0 Å². The first-order valence-corrected chi connectivity index (χ1v) is 12.0. The number of quaternary nitrogens is 1. The molecule has 0 fully saturated rings. The van der Waals surface area contributed by atoms with Gasteiger partial charge >= 0.3 is 5.97 Å². The van der Waals surface area contributed by atoms with Crippen LogP contribution in [0, 0.1) is 0 Å². The second-order valence-corrected chi connectivity index (χ2v) is 7.72. The fourth-order valence-corrected chi connectivity index (χ4v) is 4.59. The number of benzene rings is 2. The van der Waals surface area contributed by atoms with Crippen molar-refractivity contribution in [2.75, 3.05) is 37.7 Å². The quantitative estimate of drug-likeness (QED) is 0.474. The molecule has 2 atom stereocenters. The van der Waals surface area contributed by atoms with E-state index in [0.29, 0.717) is 30.0 Å². The van der Waals surface area contributed by atoms with E-state index >= 15 is 0 Å². The summed E-state index contributed by atoms with van der Waals surface area (Å²) in [6.45, 7) is 11.8. The molecule has 0 aliphatic carbocycles. The molecular weight excluding hydrogens is 434 g/mol. The second kappa shape index (κ2) is 11.2. The maximum atomic E-state index is 12.9. The lowest BCUT2D eigenvalue weighted by molar-refractivity contribution is -0.850. The molecule has 2 unspecified atom stereocenters. The van der Waals surface area contributed by atoms with E-state index in [2.05, 4.69) is 11.8 Å². The van der Waals surface area contributed by atoms with Gasteiger partial charge in [-0.1, -0.05) is 26.0 Å². The molecule has 2 heterocycles. The van der Waals surface area contributed by atoms with E-state index in [1.165, 1.54) is 9.80 Å². The number of nitrogens with one attached hydrogen (secondary N) is 1. The summed E-state index contributed by atoms with van der Waals surface area (Å²) in [5.74, 6) is -0.324. The molecule has 0 bridgehead atoms. The normalized spacial score (nSPS) is 18.3. The van der Waals surface area contributed by atoms with Crippen LogP contribution in [0.15, 0.2) is 42.5 Å². The zero-order valence-corrected chi connectivity index (χ0v) is 20.6. The second-order valence-electron chi connectivity index (χ2n) is 7.72. The van der Waals surface area contributed by atoms with Crippen LogP contribution in [0.2, 0.25) is 0 Å². The minimum atomic E-state index is -0.412. The average Bonchev–Trinajstić information content (AvgIpc) is 3.30. The number of hydrogen-bond acceptors (Lipinski definition) is 6. The first-order chi connectivity index (χ1) is 16.5. The van der Waals surface area contributed by atoms with Crippen molar-refractivity contribution in [2.24, 2.45) is 0 Å². The molecule has 1 N–H and O–H groups in total. The Balaban J connectivity index is 0.00000158. The smallest absolute Gasteiger partial charge is 0.344 e. The molecule has 2 aliphatic heterocycles. The van der Waals surface area contributed by atoms with Gasteiger partial charge in [0.05, 0.1) is 24.3 Å². The lowest BCUT2D eigenvalue weighted by Gasteiger charge is -2.30. The van der Waals surface area contributed by atoms with Gasteiger partial charge in [-0.25, -0.2) is 4.79 Å². The highest BCUT2D eigenvalue weighted by molar-refractivity contribution is 6.21. The largest absolute Gasteiger partial charge is 0.482 e. The number of imide groups is 1. The average molecular weight is 469 g/mol. The van der Waals surface area contributed by atoms with E-state index in [9.17, 15) is 14.4 Å². The Morgan fingerprint density at radius 1 is 1.00 bits per heavy atom. The van der Waals surface area contributed by atoms with Crippen LogP contribution < -0.4 is 14.5 Å². The first kappa shape index (κ1) is 25.2. The van der Waals surface area contributed by atoms with Crippen molar-refractivity contribution in [3.63, 3.8) is 0 Å². The van der Waals surface area contributed by atoms with Gasteiger partial charge in [0, 0.05) is 18.7 Å². The fourth-order valence-electron chi connectivity index (χ4n) is 4.59. The maximum Gasteiger partial charge on any atom is 0.344 e. The highest BCUT2D eigenvalue weighted by atomic mass is 16.6. The highest BCUT2D eigenvalue weighted by Crippen LogP contribution is 2.34. The zero-order valence-electron chi connectivity index (χ0n) is 20.6. The summed E-state index contributed by atoms with van der Waals surface area (Å²) in [6.07, 6.45) is -0.109. The van der Waals surface area contributed by atoms with E-state index in [4.69, 9.17) is 9.47 Å². The van der Waals surface area contributed by atoms with Crippen molar-refractivity contribution >= 4 is 29.2 Å². The van der Waals surface area contributed by atoms with E-state index in [1.807, 2.05) is 39.0 Å². The number of fused-ring (bicyclic) bond motifs is 2. The van der Waals surface area contributed by atoms with Gasteiger partial charge in [0.25, 0.3) is 11.8 Å². The summed E-state index contributed by atoms with van der Waals surface area (Å²) in [5.41, 5.74) is 2.99. The third-order valence-corrected chi connectivity index (χ3v) is 6.02. The number of likely N-dealkylation sites (N-methyl/N-ethyl adjacent to an activating group) is 2. The minimum absolute atomic E-state index is 0.109. The number of rotatable bonds is 8. The summed E-state index contributed by atoms with van der Waals surface area (Å²) in [5, 5.41) is 0. The predicted octanol–water partition coefficient (Wildman–Crippen LogP) is 2.65. The predicted molar refractivity (Wildman–Crippen MR) is 130 cm³/mol. The SMILES string of the molecule is CC.CCOC(=O)COc1ccc2c(c1)N(CC)C(CN1C(=O)c3ccccc3C1=O)[NH+]2CC. The van der Waals surface area contributed by atoms with Gasteiger partial charge in [-0.3, -0.25) is 19.4 Å². The fraction of sp³-hybridized carbons (Fsp3) is 0.423. The molecule has 0 spiro atoms. The molecule has 0 aromatic heterocycles. The van der Waals surface area contributed by atoms with Crippen molar-refractivity contribution in [2.45, 2.75) is 40.8 Å². The van der Waals surface area contributed by atoms with E-state index in [1.54, 1.807) is 31.2 Å². The molecule has 182 valence electrons. The summed E-state index contributed by atoms with van der Waals surface area (Å²) in [7, 11) is 0. The number of amides is 2. The Morgan fingerprint density at radius 2 is 1.65 bits per heavy atom. The van der Waals surface area contributed by atoms with Crippen LogP contribution in [0.4, 0.5) is 11.4 Å². The molecule has 0 saturated carbocycles. The van der Waals surface area contributed by atoms with Crippen LogP contribution in [-0.4, -0.2) is 61.7 Å². The van der Waals surface area contributed by atoms with Crippen molar-refractivity contribution < 1.29 is 28.8 Å². The summed E-state index contributed by atoms with van der Waals surface area (Å²) in [4.78, 5) is 42.2. The van der Waals surface area contributed by atoms with Crippen molar-refractivity contribution in [3.05, 3.63) is 53.6 Å². The molecule has 0 saturated heterocycles. The summed E-state index contributed by atoms with van der Waals surface area (Å²) in [6, 6.07) is 12.7. The number of carbonyl (C=O) groups is 3. The number of nitrogens with zero attached hydrogens (tertiary/aromatic N) is 2. The van der Waals surface area contributed by atoms with Crippen LogP contribution >= 0.6 is 0 Å².